The molecule has 0 saturated carbocycles. The highest BCUT2D eigenvalue weighted by molar-refractivity contribution is 9.10. The first-order valence-electron chi connectivity index (χ1n) is 6.38. The Morgan fingerprint density at radius 1 is 1.30 bits per heavy atom. The van der Waals surface area contributed by atoms with E-state index in [0.29, 0.717) is 18.9 Å². The Balaban J connectivity index is 2.16. The molecule has 106 valence electrons. The van der Waals surface area contributed by atoms with Gasteiger partial charge in [0.25, 0.3) is 0 Å². The number of halogens is 1. The highest BCUT2D eigenvalue weighted by Crippen LogP contribution is 2.36. The van der Waals surface area contributed by atoms with Crippen molar-refractivity contribution in [2.45, 2.75) is 13.5 Å². The van der Waals surface area contributed by atoms with Gasteiger partial charge in [-0.05, 0) is 52.7 Å². The Labute approximate surface area is 127 Å². The number of methoxy groups -OCH3 is 1. The van der Waals surface area contributed by atoms with Crippen molar-refractivity contribution < 1.29 is 9.47 Å². The number of pyridine rings is 1. The van der Waals surface area contributed by atoms with Gasteiger partial charge < -0.3 is 14.8 Å². The van der Waals surface area contributed by atoms with E-state index < -0.39 is 0 Å². The first-order chi connectivity index (χ1) is 9.74. The van der Waals surface area contributed by atoms with Gasteiger partial charge in [0, 0.05) is 12.7 Å². The van der Waals surface area contributed by atoms with E-state index in [-0.39, 0.29) is 0 Å². The number of hydrogen-bond acceptors (Lipinski definition) is 4. The van der Waals surface area contributed by atoms with Crippen molar-refractivity contribution in [2.24, 2.45) is 0 Å². The van der Waals surface area contributed by atoms with Crippen LogP contribution in [0.5, 0.6) is 11.5 Å². The second-order valence-electron chi connectivity index (χ2n) is 4.11. The van der Waals surface area contributed by atoms with Crippen LogP contribution in [-0.2, 0) is 6.54 Å². The van der Waals surface area contributed by atoms with Gasteiger partial charge >= 0.3 is 0 Å². The summed E-state index contributed by atoms with van der Waals surface area (Å²) in [6, 6.07) is 9.76. The van der Waals surface area contributed by atoms with Crippen LogP contribution in [0.4, 0.5) is 5.82 Å². The molecule has 20 heavy (non-hydrogen) atoms. The number of anilines is 1. The molecule has 2 rings (SSSR count). The topological polar surface area (TPSA) is 43.4 Å². The van der Waals surface area contributed by atoms with Crippen molar-refractivity contribution in [3.8, 4) is 11.5 Å². The van der Waals surface area contributed by atoms with E-state index in [1.54, 1.807) is 13.3 Å². The first-order valence-corrected chi connectivity index (χ1v) is 7.18. The van der Waals surface area contributed by atoms with Crippen molar-refractivity contribution in [3.63, 3.8) is 0 Å². The average molecular weight is 337 g/mol. The standard InChI is InChI=1S/C15H17BrN2O2/c1-3-20-13-9-11(8-12(16)15(13)19-2)10-18-14-6-4-5-7-17-14/h4-9H,3,10H2,1-2H3,(H,17,18). The maximum Gasteiger partial charge on any atom is 0.174 e. The molecule has 4 nitrogen and oxygen atoms in total. The molecule has 0 saturated heterocycles. The number of benzene rings is 1. The molecule has 0 radical (unpaired) electrons. The van der Waals surface area contributed by atoms with E-state index >= 15 is 0 Å². The summed E-state index contributed by atoms with van der Waals surface area (Å²) >= 11 is 3.51. The van der Waals surface area contributed by atoms with Gasteiger partial charge in [0.1, 0.15) is 5.82 Å². The third-order valence-corrected chi connectivity index (χ3v) is 3.30. The molecule has 0 amide bonds. The Morgan fingerprint density at radius 3 is 2.80 bits per heavy atom. The molecule has 0 aliphatic carbocycles. The molecule has 0 aliphatic rings. The minimum atomic E-state index is 0.597. The summed E-state index contributed by atoms with van der Waals surface area (Å²) in [4.78, 5) is 4.23. The monoisotopic (exact) mass is 336 g/mol. The van der Waals surface area contributed by atoms with Crippen LogP contribution in [-0.4, -0.2) is 18.7 Å². The quantitative estimate of drug-likeness (QED) is 0.869. The lowest BCUT2D eigenvalue weighted by atomic mass is 10.2. The molecule has 0 bridgehead atoms. The lowest BCUT2D eigenvalue weighted by Crippen LogP contribution is -2.03. The normalized spacial score (nSPS) is 10.2. The molecule has 1 aromatic carbocycles. The second-order valence-corrected chi connectivity index (χ2v) is 4.96. The van der Waals surface area contributed by atoms with E-state index in [4.69, 9.17) is 9.47 Å². The zero-order valence-corrected chi connectivity index (χ0v) is 13.1. The van der Waals surface area contributed by atoms with Gasteiger partial charge in [-0.25, -0.2) is 4.98 Å². The fraction of sp³-hybridized carbons (Fsp3) is 0.267. The zero-order chi connectivity index (χ0) is 14.4. The number of aromatic nitrogens is 1. The van der Waals surface area contributed by atoms with E-state index in [1.807, 2.05) is 37.3 Å². The molecule has 5 heteroatoms. The molecular weight excluding hydrogens is 320 g/mol. The van der Waals surface area contributed by atoms with E-state index in [0.717, 1.165) is 21.6 Å². The number of ether oxygens (including phenoxy) is 2. The van der Waals surface area contributed by atoms with Crippen molar-refractivity contribution in [1.82, 2.24) is 4.98 Å². The van der Waals surface area contributed by atoms with Crippen molar-refractivity contribution >= 4 is 21.7 Å². The minimum Gasteiger partial charge on any atom is -0.492 e. The second kappa shape index (κ2) is 7.14. The van der Waals surface area contributed by atoms with Gasteiger partial charge in [-0.15, -0.1) is 0 Å². The van der Waals surface area contributed by atoms with Gasteiger partial charge in [-0.2, -0.15) is 0 Å². The number of rotatable bonds is 6. The van der Waals surface area contributed by atoms with Crippen LogP contribution < -0.4 is 14.8 Å². The molecule has 1 aromatic heterocycles. The Bertz CT molecular complexity index is 561. The Hall–Kier alpha value is -1.75. The Kier molecular flexibility index (Phi) is 5.24. The first kappa shape index (κ1) is 14.7. The van der Waals surface area contributed by atoms with E-state index in [9.17, 15) is 0 Å². The van der Waals surface area contributed by atoms with Crippen LogP contribution in [0.2, 0.25) is 0 Å². The van der Waals surface area contributed by atoms with Crippen LogP contribution >= 0.6 is 15.9 Å². The van der Waals surface area contributed by atoms with Gasteiger partial charge in [0.15, 0.2) is 11.5 Å². The van der Waals surface area contributed by atoms with Crippen LogP contribution in [0.3, 0.4) is 0 Å². The highest BCUT2D eigenvalue weighted by Gasteiger charge is 2.11. The summed E-state index contributed by atoms with van der Waals surface area (Å²) in [5.74, 6) is 2.30. The molecule has 2 aromatic rings. The van der Waals surface area contributed by atoms with Gasteiger partial charge in [0.2, 0.25) is 0 Å². The lowest BCUT2D eigenvalue weighted by molar-refractivity contribution is 0.309. The summed E-state index contributed by atoms with van der Waals surface area (Å²) in [6.45, 7) is 3.21. The molecule has 0 atom stereocenters. The smallest absolute Gasteiger partial charge is 0.174 e. The molecule has 0 spiro atoms. The maximum atomic E-state index is 5.60. The largest absolute Gasteiger partial charge is 0.492 e. The fourth-order valence-corrected chi connectivity index (χ4v) is 2.50. The lowest BCUT2D eigenvalue weighted by Gasteiger charge is -2.13. The third-order valence-electron chi connectivity index (χ3n) is 2.71. The number of nitrogens with one attached hydrogen (secondary N) is 1. The number of hydrogen-bond donors (Lipinski definition) is 1. The molecular formula is C15H17BrN2O2. The van der Waals surface area contributed by atoms with Gasteiger partial charge in [-0.1, -0.05) is 6.07 Å². The predicted molar refractivity (Wildman–Crippen MR) is 83.4 cm³/mol. The van der Waals surface area contributed by atoms with Gasteiger partial charge in [0.05, 0.1) is 18.2 Å². The number of nitrogens with zero attached hydrogens (tertiary/aromatic N) is 1. The van der Waals surface area contributed by atoms with E-state index in [1.165, 1.54) is 0 Å². The molecule has 0 aliphatic heterocycles. The van der Waals surface area contributed by atoms with Crippen LogP contribution in [0, 0.1) is 0 Å². The third kappa shape index (κ3) is 3.63. The average Bonchev–Trinajstić information content (AvgIpc) is 2.46. The summed E-state index contributed by atoms with van der Waals surface area (Å²) < 4.78 is 11.8. The van der Waals surface area contributed by atoms with Crippen LogP contribution in [0.15, 0.2) is 41.0 Å². The highest BCUT2D eigenvalue weighted by atomic mass is 79.9. The SMILES string of the molecule is CCOc1cc(CNc2ccccn2)cc(Br)c1OC. The van der Waals surface area contributed by atoms with Crippen LogP contribution in [0.1, 0.15) is 12.5 Å². The van der Waals surface area contributed by atoms with Crippen molar-refractivity contribution in [3.05, 3.63) is 46.6 Å². The maximum absolute atomic E-state index is 5.60. The molecule has 0 fully saturated rings. The van der Waals surface area contributed by atoms with Crippen molar-refractivity contribution in [2.75, 3.05) is 19.0 Å². The van der Waals surface area contributed by atoms with E-state index in [2.05, 4.69) is 26.2 Å². The molecule has 1 N–H and O–H groups in total. The Morgan fingerprint density at radius 2 is 2.15 bits per heavy atom. The minimum absolute atomic E-state index is 0.597. The zero-order valence-electron chi connectivity index (χ0n) is 11.5. The van der Waals surface area contributed by atoms with Gasteiger partial charge in [-0.3, -0.25) is 0 Å². The summed E-state index contributed by atoms with van der Waals surface area (Å²) in [6.07, 6.45) is 1.76. The van der Waals surface area contributed by atoms with Crippen LogP contribution in [0.25, 0.3) is 0 Å². The molecule has 1 heterocycles. The predicted octanol–water partition coefficient (Wildman–Crippen LogP) is 3.86. The fourth-order valence-electron chi connectivity index (χ4n) is 1.84. The summed E-state index contributed by atoms with van der Waals surface area (Å²) in [5.41, 5.74) is 1.09. The molecule has 0 unspecified atom stereocenters. The van der Waals surface area contributed by atoms with Crippen molar-refractivity contribution in [1.29, 1.82) is 0 Å². The summed E-state index contributed by atoms with van der Waals surface area (Å²) in [5, 5.41) is 3.27. The summed E-state index contributed by atoms with van der Waals surface area (Å²) in [7, 11) is 1.63.